The maximum atomic E-state index is 12.6. The van der Waals surface area contributed by atoms with Crippen molar-refractivity contribution in [2.24, 2.45) is 0 Å². The van der Waals surface area contributed by atoms with Crippen LogP contribution in [0.5, 0.6) is 5.75 Å². The number of benzene rings is 2. The molecule has 0 saturated heterocycles. The fraction of sp³-hybridized carbons (Fsp3) is 0.263. The Morgan fingerprint density at radius 1 is 1.12 bits per heavy atom. The van der Waals surface area contributed by atoms with E-state index in [-0.39, 0.29) is 18.4 Å². The van der Waals surface area contributed by atoms with Crippen molar-refractivity contribution in [3.05, 3.63) is 53.6 Å². The van der Waals surface area contributed by atoms with Crippen molar-refractivity contribution in [3.63, 3.8) is 0 Å². The number of anilines is 2. The Kier molecular flexibility index (Phi) is 4.25. The molecule has 1 unspecified atom stereocenters. The molecule has 1 atom stereocenters. The van der Waals surface area contributed by atoms with Crippen LogP contribution in [0.2, 0.25) is 0 Å². The first kappa shape index (κ1) is 16.1. The van der Waals surface area contributed by atoms with Crippen LogP contribution in [-0.2, 0) is 9.59 Å². The highest BCUT2D eigenvalue weighted by Gasteiger charge is 2.32. The zero-order valence-corrected chi connectivity index (χ0v) is 14.0. The highest BCUT2D eigenvalue weighted by Crippen LogP contribution is 2.33. The molecule has 2 aromatic rings. The van der Waals surface area contributed by atoms with E-state index in [9.17, 15) is 9.59 Å². The first-order valence-electron chi connectivity index (χ1n) is 7.87. The smallest absolute Gasteiger partial charge is 0.267 e. The van der Waals surface area contributed by atoms with Crippen LogP contribution >= 0.6 is 0 Å². The van der Waals surface area contributed by atoms with E-state index in [0.717, 1.165) is 16.8 Å². The molecule has 0 bridgehead atoms. The summed E-state index contributed by atoms with van der Waals surface area (Å²) in [6, 6.07) is 13.1. The molecule has 24 heavy (non-hydrogen) atoms. The maximum absolute atomic E-state index is 12.6. The third-order valence-electron chi connectivity index (χ3n) is 3.94. The summed E-state index contributed by atoms with van der Waals surface area (Å²) < 4.78 is 5.80. The van der Waals surface area contributed by atoms with E-state index in [0.29, 0.717) is 11.4 Å². The van der Waals surface area contributed by atoms with Gasteiger partial charge in [-0.2, -0.15) is 0 Å². The number of nitrogens with one attached hydrogen (secondary N) is 1. The lowest BCUT2D eigenvalue weighted by atomic mass is 10.1. The summed E-state index contributed by atoms with van der Waals surface area (Å²) in [5.41, 5.74) is 3.57. The first-order valence-corrected chi connectivity index (χ1v) is 7.87. The quantitative estimate of drug-likeness (QED) is 0.923. The number of hydrogen-bond acceptors (Lipinski definition) is 3. The van der Waals surface area contributed by atoms with Crippen LogP contribution in [0, 0.1) is 13.8 Å². The number of para-hydroxylation sites is 2. The van der Waals surface area contributed by atoms with Gasteiger partial charge in [-0.15, -0.1) is 0 Å². The van der Waals surface area contributed by atoms with Crippen LogP contribution in [0.4, 0.5) is 11.4 Å². The zero-order valence-electron chi connectivity index (χ0n) is 14.0. The standard InChI is InChI=1S/C19H20N2O3/c1-12-8-13(2)10-15(9-12)20-19(23)18-11-21(14(3)22)16-6-4-5-7-17(16)24-18/h4-10,18H,11H2,1-3H3,(H,20,23). The van der Waals surface area contributed by atoms with Gasteiger partial charge in [0.1, 0.15) is 5.75 Å². The van der Waals surface area contributed by atoms with Crippen molar-refractivity contribution in [1.29, 1.82) is 0 Å². The SMILES string of the molecule is CC(=O)N1CC(C(=O)Nc2cc(C)cc(C)c2)Oc2ccccc21. The molecular weight excluding hydrogens is 304 g/mol. The normalized spacial score (nSPS) is 16.1. The molecule has 2 amide bonds. The van der Waals surface area contributed by atoms with Gasteiger partial charge in [-0.1, -0.05) is 18.2 Å². The third kappa shape index (κ3) is 3.25. The molecule has 5 heteroatoms. The highest BCUT2D eigenvalue weighted by atomic mass is 16.5. The number of hydrogen-bond donors (Lipinski definition) is 1. The number of rotatable bonds is 2. The molecule has 0 aromatic heterocycles. The van der Waals surface area contributed by atoms with Gasteiger partial charge in [-0.05, 0) is 49.2 Å². The van der Waals surface area contributed by atoms with Gasteiger partial charge in [0, 0.05) is 12.6 Å². The molecule has 3 rings (SSSR count). The Labute approximate surface area is 141 Å². The van der Waals surface area contributed by atoms with Crippen LogP contribution in [0.3, 0.4) is 0 Å². The Balaban J connectivity index is 1.82. The Morgan fingerprint density at radius 2 is 1.79 bits per heavy atom. The second kappa shape index (κ2) is 6.35. The molecule has 124 valence electrons. The third-order valence-corrected chi connectivity index (χ3v) is 3.94. The van der Waals surface area contributed by atoms with Gasteiger partial charge < -0.3 is 15.0 Å². The van der Waals surface area contributed by atoms with E-state index < -0.39 is 6.10 Å². The van der Waals surface area contributed by atoms with Crippen molar-refractivity contribution >= 4 is 23.2 Å². The number of carbonyl (C=O) groups is 2. The Hall–Kier alpha value is -2.82. The monoisotopic (exact) mass is 324 g/mol. The van der Waals surface area contributed by atoms with Gasteiger partial charge >= 0.3 is 0 Å². The van der Waals surface area contributed by atoms with E-state index in [1.807, 2.05) is 50.2 Å². The van der Waals surface area contributed by atoms with Gasteiger partial charge in [0.05, 0.1) is 12.2 Å². The fourth-order valence-corrected chi connectivity index (χ4v) is 2.94. The molecule has 5 nitrogen and oxygen atoms in total. The van der Waals surface area contributed by atoms with Crippen molar-refractivity contribution in [1.82, 2.24) is 0 Å². The lowest BCUT2D eigenvalue weighted by Crippen LogP contribution is -2.48. The van der Waals surface area contributed by atoms with Crippen molar-refractivity contribution in [2.45, 2.75) is 26.9 Å². The van der Waals surface area contributed by atoms with Crippen molar-refractivity contribution < 1.29 is 14.3 Å². The summed E-state index contributed by atoms with van der Waals surface area (Å²) in [7, 11) is 0. The maximum Gasteiger partial charge on any atom is 0.267 e. The number of nitrogens with zero attached hydrogens (tertiary/aromatic N) is 1. The summed E-state index contributed by atoms with van der Waals surface area (Å²) in [6.07, 6.45) is -0.746. The van der Waals surface area contributed by atoms with Gasteiger partial charge in [0.15, 0.2) is 6.10 Å². The lowest BCUT2D eigenvalue weighted by molar-refractivity contribution is -0.123. The highest BCUT2D eigenvalue weighted by molar-refractivity contribution is 5.99. The van der Waals surface area contributed by atoms with E-state index in [1.165, 1.54) is 6.92 Å². The average Bonchev–Trinajstić information content (AvgIpc) is 2.52. The minimum atomic E-state index is -0.746. The molecule has 0 radical (unpaired) electrons. The molecular formula is C19H20N2O3. The topological polar surface area (TPSA) is 58.6 Å². The van der Waals surface area contributed by atoms with Crippen LogP contribution in [0.15, 0.2) is 42.5 Å². The molecule has 0 spiro atoms. The van der Waals surface area contributed by atoms with Crippen LogP contribution < -0.4 is 15.0 Å². The van der Waals surface area contributed by atoms with Crippen LogP contribution in [0.1, 0.15) is 18.1 Å². The van der Waals surface area contributed by atoms with E-state index in [1.54, 1.807) is 11.0 Å². The van der Waals surface area contributed by atoms with Gasteiger partial charge in [0.25, 0.3) is 5.91 Å². The molecule has 0 aliphatic carbocycles. The summed E-state index contributed by atoms with van der Waals surface area (Å²) in [6.45, 7) is 5.64. The van der Waals surface area contributed by atoms with Gasteiger partial charge in [0.2, 0.25) is 5.91 Å². The fourth-order valence-electron chi connectivity index (χ4n) is 2.94. The molecule has 1 heterocycles. The van der Waals surface area contributed by atoms with Crippen molar-refractivity contribution in [3.8, 4) is 5.75 Å². The Morgan fingerprint density at radius 3 is 2.46 bits per heavy atom. The number of amides is 2. The molecule has 0 fully saturated rings. The molecule has 2 aromatic carbocycles. The molecule has 0 saturated carbocycles. The van der Waals surface area contributed by atoms with E-state index in [2.05, 4.69) is 5.32 Å². The lowest BCUT2D eigenvalue weighted by Gasteiger charge is -2.33. The number of fused-ring (bicyclic) bond motifs is 1. The summed E-state index contributed by atoms with van der Waals surface area (Å²) in [5, 5.41) is 2.88. The number of ether oxygens (including phenoxy) is 1. The average molecular weight is 324 g/mol. The largest absolute Gasteiger partial charge is 0.476 e. The van der Waals surface area contributed by atoms with E-state index >= 15 is 0 Å². The minimum Gasteiger partial charge on any atom is -0.476 e. The second-order valence-corrected chi connectivity index (χ2v) is 6.07. The summed E-state index contributed by atoms with van der Waals surface area (Å²) >= 11 is 0. The molecule has 1 aliphatic rings. The zero-order chi connectivity index (χ0) is 17.3. The number of carbonyl (C=O) groups excluding carboxylic acids is 2. The van der Waals surface area contributed by atoms with Crippen LogP contribution in [0.25, 0.3) is 0 Å². The second-order valence-electron chi connectivity index (χ2n) is 6.07. The van der Waals surface area contributed by atoms with E-state index in [4.69, 9.17) is 4.74 Å². The molecule has 1 N–H and O–H groups in total. The summed E-state index contributed by atoms with van der Waals surface area (Å²) in [5.74, 6) is 0.162. The van der Waals surface area contributed by atoms with Gasteiger partial charge in [-0.25, -0.2) is 0 Å². The van der Waals surface area contributed by atoms with Crippen molar-refractivity contribution in [2.75, 3.05) is 16.8 Å². The first-order chi connectivity index (χ1) is 11.4. The number of aryl methyl sites for hydroxylation is 2. The van der Waals surface area contributed by atoms with Gasteiger partial charge in [-0.3, -0.25) is 9.59 Å². The Bertz CT molecular complexity index is 781. The summed E-state index contributed by atoms with van der Waals surface area (Å²) in [4.78, 5) is 26.1. The predicted molar refractivity (Wildman–Crippen MR) is 93.4 cm³/mol. The molecule has 1 aliphatic heterocycles. The van der Waals surface area contributed by atoms with Crippen LogP contribution in [-0.4, -0.2) is 24.5 Å². The predicted octanol–water partition coefficient (Wildman–Crippen LogP) is 3.06. The minimum absolute atomic E-state index is 0.116.